The van der Waals surface area contributed by atoms with E-state index in [1.54, 1.807) is 29.2 Å². The van der Waals surface area contributed by atoms with Gasteiger partial charge in [0, 0.05) is 29.6 Å². The third-order valence-electron chi connectivity index (χ3n) is 7.43. The summed E-state index contributed by atoms with van der Waals surface area (Å²) in [6.45, 7) is 0.365. The second-order valence-corrected chi connectivity index (χ2v) is 9.98. The first kappa shape index (κ1) is 23.0. The third kappa shape index (κ3) is 4.60. The van der Waals surface area contributed by atoms with E-state index in [-0.39, 0.29) is 55.1 Å². The molecular formula is C25H29ClN4O4. The maximum atomic E-state index is 13.3. The van der Waals surface area contributed by atoms with Crippen LogP contribution in [0, 0.1) is 11.8 Å². The lowest BCUT2D eigenvalue weighted by Crippen LogP contribution is -2.41. The number of imide groups is 1. The Morgan fingerprint density at radius 3 is 2.24 bits per heavy atom. The Balaban J connectivity index is 1.26. The lowest BCUT2D eigenvalue weighted by molar-refractivity contribution is -0.141. The number of carbonyl (C=O) groups excluding carboxylic acids is 3. The van der Waals surface area contributed by atoms with Gasteiger partial charge in [0.25, 0.3) is 0 Å². The molecule has 0 spiro atoms. The van der Waals surface area contributed by atoms with E-state index in [1.165, 1.54) is 4.90 Å². The van der Waals surface area contributed by atoms with Gasteiger partial charge in [0.1, 0.15) is 0 Å². The SMILES string of the molecule is O=C1[C@@H]2CCCC[C@H]2C(=O)N1CCC(=O)N(Cc1nnc(-c2ccc(Cl)cc2)o1)C1CCCC1. The summed E-state index contributed by atoms with van der Waals surface area (Å²) in [7, 11) is 0. The number of halogens is 1. The molecule has 1 aromatic heterocycles. The molecule has 0 radical (unpaired) electrons. The second kappa shape index (κ2) is 9.86. The number of benzene rings is 1. The molecule has 0 bridgehead atoms. The molecule has 34 heavy (non-hydrogen) atoms. The first-order valence-electron chi connectivity index (χ1n) is 12.2. The molecule has 2 saturated carbocycles. The molecule has 2 aromatic rings. The minimum Gasteiger partial charge on any atom is -0.419 e. The molecule has 8 nitrogen and oxygen atoms in total. The first-order valence-corrected chi connectivity index (χ1v) is 12.6. The van der Waals surface area contributed by atoms with Crippen LogP contribution in [0.5, 0.6) is 0 Å². The summed E-state index contributed by atoms with van der Waals surface area (Å²) >= 11 is 5.95. The van der Waals surface area contributed by atoms with Gasteiger partial charge in [-0.05, 0) is 49.9 Å². The largest absolute Gasteiger partial charge is 0.419 e. The van der Waals surface area contributed by atoms with Crippen molar-refractivity contribution in [1.29, 1.82) is 0 Å². The Kier molecular flexibility index (Phi) is 6.68. The van der Waals surface area contributed by atoms with E-state index in [1.807, 2.05) is 0 Å². The zero-order valence-corrected chi connectivity index (χ0v) is 19.9. The smallest absolute Gasteiger partial charge is 0.247 e. The van der Waals surface area contributed by atoms with Gasteiger partial charge in [0.2, 0.25) is 29.5 Å². The Bertz CT molecular complexity index is 1040. The van der Waals surface area contributed by atoms with Gasteiger partial charge in [-0.1, -0.05) is 37.3 Å². The third-order valence-corrected chi connectivity index (χ3v) is 7.68. The molecule has 3 aliphatic rings. The number of aromatic nitrogens is 2. The Morgan fingerprint density at radius 2 is 1.59 bits per heavy atom. The van der Waals surface area contributed by atoms with Gasteiger partial charge in [-0.3, -0.25) is 19.3 Å². The quantitative estimate of drug-likeness (QED) is 0.546. The normalized spacial score (nSPS) is 22.9. The molecule has 180 valence electrons. The van der Waals surface area contributed by atoms with Gasteiger partial charge in [-0.15, -0.1) is 10.2 Å². The molecule has 9 heteroatoms. The number of amides is 3. The summed E-state index contributed by atoms with van der Waals surface area (Å²) < 4.78 is 5.85. The van der Waals surface area contributed by atoms with Crippen molar-refractivity contribution in [3.63, 3.8) is 0 Å². The van der Waals surface area contributed by atoms with Crippen molar-refractivity contribution in [2.45, 2.75) is 70.4 Å². The monoisotopic (exact) mass is 484 g/mol. The highest BCUT2D eigenvalue weighted by Crippen LogP contribution is 2.38. The van der Waals surface area contributed by atoms with Crippen LogP contribution in [-0.4, -0.2) is 50.3 Å². The molecule has 0 unspecified atom stereocenters. The summed E-state index contributed by atoms with van der Waals surface area (Å²) in [6.07, 6.45) is 7.65. The highest BCUT2D eigenvalue weighted by atomic mass is 35.5. The molecule has 2 aliphatic carbocycles. The van der Waals surface area contributed by atoms with Crippen molar-refractivity contribution < 1.29 is 18.8 Å². The van der Waals surface area contributed by atoms with E-state index < -0.39 is 0 Å². The van der Waals surface area contributed by atoms with Crippen molar-refractivity contribution in [3.8, 4) is 11.5 Å². The van der Waals surface area contributed by atoms with Gasteiger partial charge < -0.3 is 9.32 Å². The van der Waals surface area contributed by atoms with Gasteiger partial charge in [0.15, 0.2) is 0 Å². The zero-order valence-electron chi connectivity index (χ0n) is 19.1. The van der Waals surface area contributed by atoms with Gasteiger partial charge >= 0.3 is 0 Å². The van der Waals surface area contributed by atoms with Crippen LogP contribution in [0.2, 0.25) is 5.02 Å². The van der Waals surface area contributed by atoms with Crippen molar-refractivity contribution in [1.82, 2.24) is 20.0 Å². The van der Waals surface area contributed by atoms with Crippen LogP contribution < -0.4 is 0 Å². The number of rotatable bonds is 7. The number of hydrogen-bond donors (Lipinski definition) is 0. The van der Waals surface area contributed by atoms with Crippen LogP contribution in [0.25, 0.3) is 11.5 Å². The van der Waals surface area contributed by atoms with Crippen molar-refractivity contribution in [3.05, 3.63) is 35.2 Å². The molecule has 0 N–H and O–H groups in total. The van der Waals surface area contributed by atoms with E-state index in [2.05, 4.69) is 10.2 Å². The van der Waals surface area contributed by atoms with E-state index in [0.29, 0.717) is 16.8 Å². The average molecular weight is 485 g/mol. The molecule has 1 aromatic carbocycles. The summed E-state index contributed by atoms with van der Waals surface area (Å²) in [5.74, 6) is 0.0808. The second-order valence-electron chi connectivity index (χ2n) is 9.54. The first-order chi connectivity index (χ1) is 16.5. The summed E-state index contributed by atoms with van der Waals surface area (Å²) in [6, 6.07) is 7.23. The Labute approximate surface area is 203 Å². The minimum atomic E-state index is -0.188. The highest BCUT2D eigenvalue weighted by Gasteiger charge is 2.48. The predicted octanol–water partition coefficient (Wildman–Crippen LogP) is 4.23. The molecule has 2 heterocycles. The minimum absolute atomic E-state index is 0.0892. The van der Waals surface area contributed by atoms with E-state index in [4.69, 9.17) is 16.0 Å². The molecule has 1 saturated heterocycles. The highest BCUT2D eigenvalue weighted by molar-refractivity contribution is 6.30. The van der Waals surface area contributed by atoms with Gasteiger partial charge in [-0.25, -0.2) is 0 Å². The maximum Gasteiger partial charge on any atom is 0.247 e. The maximum absolute atomic E-state index is 13.3. The molecule has 2 atom stereocenters. The Morgan fingerprint density at radius 1 is 0.971 bits per heavy atom. The number of likely N-dealkylation sites (tertiary alicyclic amines) is 1. The van der Waals surface area contributed by atoms with Crippen LogP contribution in [-0.2, 0) is 20.9 Å². The van der Waals surface area contributed by atoms with E-state index >= 15 is 0 Å². The fraction of sp³-hybridized carbons (Fsp3) is 0.560. The number of carbonyl (C=O) groups is 3. The average Bonchev–Trinajstić information content (AvgIpc) is 3.59. The predicted molar refractivity (Wildman–Crippen MR) is 124 cm³/mol. The molecule has 3 amide bonds. The van der Waals surface area contributed by atoms with Gasteiger partial charge in [0.05, 0.1) is 18.4 Å². The van der Waals surface area contributed by atoms with Gasteiger partial charge in [-0.2, -0.15) is 0 Å². The number of nitrogens with zero attached hydrogens (tertiary/aromatic N) is 4. The van der Waals surface area contributed by atoms with Crippen molar-refractivity contribution in [2.24, 2.45) is 11.8 Å². The summed E-state index contributed by atoms with van der Waals surface area (Å²) in [4.78, 5) is 42.0. The molecule has 5 rings (SSSR count). The van der Waals surface area contributed by atoms with Crippen LogP contribution in [0.3, 0.4) is 0 Å². The molecule has 3 fully saturated rings. The number of hydrogen-bond acceptors (Lipinski definition) is 6. The summed E-state index contributed by atoms with van der Waals surface area (Å²) in [5, 5.41) is 8.91. The van der Waals surface area contributed by atoms with Crippen LogP contribution >= 0.6 is 11.6 Å². The standard InChI is InChI=1S/C25H29ClN4O4/c26-17-11-9-16(10-12-17)23-28-27-21(34-23)15-30(18-5-1-2-6-18)22(31)13-14-29-24(32)19-7-3-4-8-20(19)25(29)33/h9-12,18-20H,1-8,13-15H2/t19-,20-/m1/s1. The van der Waals surface area contributed by atoms with Crippen LogP contribution in [0.4, 0.5) is 0 Å². The van der Waals surface area contributed by atoms with Crippen LogP contribution in [0.15, 0.2) is 28.7 Å². The van der Waals surface area contributed by atoms with Crippen LogP contribution in [0.1, 0.15) is 63.7 Å². The fourth-order valence-electron chi connectivity index (χ4n) is 5.61. The topological polar surface area (TPSA) is 96.6 Å². The zero-order chi connectivity index (χ0) is 23.7. The molecule has 1 aliphatic heterocycles. The molecular weight excluding hydrogens is 456 g/mol. The summed E-state index contributed by atoms with van der Waals surface area (Å²) in [5.41, 5.74) is 0.759. The Hall–Kier alpha value is -2.74. The fourth-order valence-corrected chi connectivity index (χ4v) is 5.74. The van der Waals surface area contributed by atoms with Crippen molar-refractivity contribution >= 4 is 29.3 Å². The van der Waals surface area contributed by atoms with Crippen molar-refractivity contribution in [2.75, 3.05) is 6.54 Å². The van der Waals surface area contributed by atoms with E-state index in [9.17, 15) is 14.4 Å². The lowest BCUT2D eigenvalue weighted by atomic mass is 9.81. The lowest BCUT2D eigenvalue weighted by Gasteiger charge is -2.28. The number of fused-ring (bicyclic) bond motifs is 1. The van der Waals surface area contributed by atoms with E-state index in [0.717, 1.165) is 56.9 Å².